The van der Waals surface area contributed by atoms with Crippen molar-refractivity contribution in [3.05, 3.63) is 66.4 Å². The predicted octanol–water partition coefficient (Wildman–Crippen LogP) is 4.03. The Morgan fingerprint density at radius 1 is 1.05 bits per heavy atom. The van der Waals surface area contributed by atoms with E-state index in [4.69, 9.17) is 5.73 Å². The zero-order valence-corrected chi connectivity index (χ0v) is 12.1. The lowest BCUT2D eigenvalue weighted by Crippen LogP contribution is -2.11. The molecular weight excluding hydrogens is 258 g/mol. The van der Waals surface area contributed by atoms with Gasteiger partial charge in [0.2, 0.25) is 0 Å². The highest BCUT2D eigenvalue weighted by atomic mass is 14.9. The Morgan fingerprint density at radius 2 is 1.86 bits per heavy atom. The lowest BCUT2D eigenvalue weighted by Gasteiger charge is -2.16. The van der Waals surface area contributed by atoms with Gasteiger partial charge in [-0.2, -0.15) is 0 Å². The van der Waals surface area contributed by atoms with Crippen LogP contribution < -0.4 is 11.1 Å². The molecule has 0 bridgehead atoms. The van der Waals surface area contributed by atoms with Crippen LogP contribution >= 0.6 is 0 Å². The highest BCUT2D eigenvalue weighted by Gasteiger charge is 2.08. The zero-order chi connectivity index (χ0) is 14.7. The number of rotatable bonds is 4. The molecule has 1 aromatic heterocycles. The molecule has 0 aliphatic rings. The van der Waals surface area contributed by atoms with Gasteiger partial charge in [0.05, 0.1) is 16.9 Å². The second kappa shape index (κ2) is 5.83. The molecule has 3 N–H and O–H groups in total. The normalized spacial score (nSPS) is 12.2. The van der Waals surface area contributed by atoms with Gasteiger partial charge in [0.1, 0.15) is 0 Å². The van der Waals surface area contributed by atoms with E-state index < -0.39 is 0 Å². The predicted molar refractivity (Wildman–Crippen MR) is 89.5 cm³/mol. The molecule has 3 nitrogen and oxygen atoms in total. The summed E-state index contributed by atoms with van der Waals surface area (Å²) < 4.78 is 0. The second-order valence-electron chi connectivity index (χ2n) is 5.29. The molecular formula is C18H19N3. The third kappa shape index (κ3) is 2.82. The first-order valence-corrected chi connectivity index (χ1v) is 7.18. The first-order chi connectivity index (χ1) is 10.3. The van der Waals surface area contributed by atoms with Crippen LogP contribution in [0.4, 0.5) is 11.4 Å². The van der Waals surface area contributed by atoms with E-state index in [0.717, 1.165) is 28.8 Å². The molecule has 3 aromatic rings. The number of hydrogen-bond acceptors (Lipinski definition) is 3. The summed E-state index contributed by atoms with van der Waals surface area (Å²) in [4.78, 5) is 4.32. The van der Waals surface area contributed by atoms with Crippen molar-refractivity contribution < 1.29 is 0 Å². The first kappa shape index (κ1) is 13.4. The molecule has 1 heterocycles. The second-order valence-corrected chi connectivity index (χ2v) is 5.29. The average molecular weight is 277 g/mol. The SMILES string of the molecule is CC(CNc1ccc2ncccc2c1N)c1ccccc1. The Morgan fingerprint density at radius 3 is 2.67 bits per heavy atom. The Hall–Kier alpha value is -2.55. The van der Waals surface area contributed by atoms with Crippen LogP contribution in [0.3, 0.4) is 0 Å². The minimum Gasteiger partial charge on any atom is -0.397 e. The maximum atomic E-state index is 6.24. The van der Waals surface area contributed by atoms with Crippen LogP contribution in [0.1, 0.15) is 18.4 Å². The number of hydrogen-bond donors (Lipinski definition) is 2. The minimum atomic E-state index is 0.426. The number of anilines is 2. The Balaban J connectivity index is 1.78. The van der Waals surface area contributed by atoms with E-state index in [-0.39, 0.29) is 0 Å². The molecule has 2 aromatic carbocycles. The molecule has 0 saturated heterocycles. The van der Waals surface area contributed by atoms with Gasteiger partial charge in [-0.25, -0.2) is 0 Å². The summed E-state index contributed by atoms with van der Waals surface area (Å²) in [5.74, 6) is 0.426. The quantitative estimate of drug-likeness (QED) is 0.708. The van der Waals surface area contributed by atoms with Crippen molar-refractivity contribution in [3.63, 3.8) is 0 Å². The number of aromatic nitrogens is 1. The fraction of sp³-hybridized carbons (Fsp3) is 0.167. The maximum Gasteiger partial charge on any atom is 0.0724 e. The van der Waals surface area contributed by atoms with Crippen molar-refractivity contribution >= 4 is 22.3 Å². The zero-order valence-electron chi connectivity index (χ0n) is 12.1. The molecule has 1 unspecified atom stereocenters. The largest absolute Gasteiger partial charge is 0.397 e. The molecule has 0 aliphatic carbocycles. The summed E-state index contributed by atoms with van der Waals surface area (Å²) in [6, 6.07) is 18.4. The molecule has 0 radical (unpaired) electrons. The van der Waals surface area contributed by atoms with Crippen LogP contribution in [0.2, 0.25) is 0 Å². The number of nitrogen functional groups attached to an aromatic ring is 1. The van der Waals surface area contributed by atoms with Crippen molar-refractivity contribution in [3.8, 4) is 0 Å². The monoisotopic (exact) mass is 277 g/mol. The van der Waals surface area contributed by atoms with E-state index in [1.165, 1.54) is 5.56 Å². The number of fused-ring (bicyclic) bond motifs is 1. The molecule has 3 rings (SSSR count). The molecule has 106 valence electrons. The molecule has 1 atom stereocenters. The van der Waals surface area contributed by atoms with Gasteiger partial charge in [-0.05, 0) is 35.7 Å². The standard InChI is InChI=1S/C18H19N3/c1-13(14-6-3-2-4-7-14)12-21-17-10-9-16-15(18(17)19)8-5-11-20-16/h2-11,13,21H,12,19H2,1H3. The third-order valence-electron chi connectivity index (χ3n) is 3.79. The molecule has 3 heteroatoms. The minimum absolute atomic E-state index is 0.426. The summed E-state index contributed by atoms with van der Waals surface area (Å²) in [6.45, 7) is 3.06. The molecule has 21 heavy (non-hydrogen) atoms. The maximum absolute atomic E-state index is 6.24. The fourth-order valence-electron chi connectivity index (χ4n) is 2.49. The van der Waals surface area contributed by atoms with Gasteiger partial charge < -0.3 is 11.1 Å². The molecule has 0 aliphatic heterocycles. The van der Waals surface area contributed by atoms with Crippen LogP contribution in [0.25, 0.3) is 10.9 Å². The Labute approximate surface area is 124 Å². The van der Waals surface area contributed by atoms with E-state index >= 15 is 0 Å². The van der Waals surface area contributed by atoms with Crippen molar-refractivity contribution in [1.29, 1.82) is 0 Å². The summed E-state index contributed by atoms with van der Waals surface area (Å²) in [5.41, 5.74) is 10.2. The Kier molecular flexibility index (Phi) is 3.73. The highest BCUT2D eigenvalue weighted by molar-refractivity contribution is 5.96. The summed E-state index contributed by atoms with van der Waals surface area (Å²) in [5, 5.41) is 4.45. The van der Waals surface area contributed by atoms with Gasteiger partial charge in [-0.1, -0.05) is 37.3 Å². The van der Waals surface area contributed by atoms with Crippen molar-refractivity contribution in [1.82, 2.24) is 4.98 Å². The summed E-state index contributed by atoms with van der Waals surface area (Å²) >= 11 is 0. The Bertz CT molecular complexity index is 738. The van der Waals surface area contributed by atoms with Gasteiger partial charge in [0, 0.05) is 18.1 Å². The molecule has 0 amide bonds. The van der Waals surface area contributed by atoms with E-state index in [1.807, 2.05) is 30.3 Å². The van der Waals surface area contributed by atoms with Gasteiger partial charge >= 0.3 is 0 Å². The first-order valence-electron chi connectivity index (χ1n) is 7.18. The van der Waals surface area contributed by atoms with Crippen LogP contribution in [0.15, 0.2) is 60.8 Å². The number of nitrogens with two attached hydrogens (primary N) is 1. The van der Waals surface area contributed by atoms with Crippen LogP contribution in [-0.2, 0) is 0 Å². The molecule has 0 saturated carbocycles. The van der Waals surface area contributed by atoms with Gasteiger partial charge in [0.15, 0.2) is 0 Å². The van der Waals surface area contributed by atoms with Gasteiger partial charge in [-0.3, -0.25) is 4.98 Å². The van der Waals surface area contributed by atoms with Crippen LogP contribution in [-0.4, -0.2) is 11.5 Å². The molecule has 0 spiro atoms. The molecule has 0 fully saturated rings. The van der Waals surface area contributed by atoms with Gasteiger partial charge in [-0.15, -0.1) is 0 Å². The summed E-state index contributed by atoms with van der Waals surface area (Å²) in [7, 11) is 0. The number of nitrogens with zero attached hydrogens (tertiary/aromatic N) is 1. The number of nitrogens with one attached hydrogen (secondary N) is 1. The lowest BCUT2D eigenvalue weighted by molar-refractivity contribution is 0.805. The smallest absolute Gasteiger partial charge is 0.0724 e. The number of benzene rings is 2. The van der Waals surface area contributed by atoms with Gasteiger partial charge in [0.25, 0.3) is 0 Å². The average Bonchev–Trinajstić information content (AvgIpc) is 2.55. The van der Waals surface area contributed by atoms with Crippen LogP contribution in [0, 0.1) is 0 Å². The third-order valence-corrected chi connectivity index (χ3v) is 3.79. The highest BCUT2D eigenvalue weighted by Crippen LogP contribution is 2.28. The van der Waals surface area contributed by atoms with E-state index in [0.29, 0.717) is 5.92 Å². The number of pyridine rings is 1. The van der Waals surface area contributed by atoms with E-state index in [9.17, 15) is 0 Å². The van der Waals surface area contributed by atoms with Crippen molar-refractivity contribution in [2.45, 2.75) is 12.8 Å². The topological polar surface area (TPSA) is 50.9 Å². The summed E-state index contributed by atoms with van der Waals surface area (Å²) in [6.07, 6.45) is 1.78. The van der Waals surface area contributed by atoms with E-state index in [1.54, 1.807) is 6.20 Å². The fourth-order valence-corrected chi connectivity index (χ4v) is 2.49. The lowest BCUT2D eigenvalue weighted by atomic mass is 10.0. The van der Waals surface area contributed by atoms with E-state index in [2.05, 4.69) is 41.5 Å². The van der Waals surface area contributed by atoms with Crippen molar-refractivity contribution in [2.24, 2.45) is 0 Å². The van der Waals surface area contributed by atoms with Crippen LogP contribution in [0.5, 0.6) is 0 Å². The van der Waals surface area contributed by atoms with Crippen molar-refractivity contribution in [2.75, 3.05) is 17.6 Å².